The van der Waals surface area contributed by atoms with Crippen LogP contribution in [-0.2, 0) is 17.4 Å². The quantitative estimate of drug-likeness (QED) is 0.121. The molecule has 0 saturated heterocycles. The van der Waals surface area contributed by atoms with Crippen LogP contribution in [0.5, 0.6) is 5.75 Å². The highest BCUT2D eigenvalue weighted by molar-refractivity contribution is 5.91. The van der Waals surface area contributed by atoms with Gasteiger partial charge in [-0.3, -0.25) is 0 Å². The monoisotopic (exact) mass is 881 g/mol. The third-order valence-corrected chi connectivity index (χ3v) is 15.2. The zero-order valence-electron chi connectivity index (χ0n) is 40.1. The highest BCUT2D eigenvalue weighted by atomic mass is 16.5. The number of nitrogens with zero attached hydrogens (tertiary/aromatic N) is 1. The molecule has 9 aromatic rings. The SMILES string of the molecule is CCC(C)c1ccc(COc2ccc(C3(c4ccc(C(C)C)cc4)c4ccccc4-c4ccc(N(c5ccc(-c6ccccc6)cc5)c5ccc6c(c5)C(C)(C)c5ccccc5-6)cc43)cc2)cc1. The predicted octanol–water partition coefficient (Wildman–Crippen LogP) is 17.7. The van der Waals surface area contributed by atoms with Crippen LogP contribution in [0.1, 0.15) is 110 Å². The molecule has 2 atom stereocenters. The lowest BCUT2D eigenvalue weighted by atomic mass is 9.67. The summed E-state index contributed by atoms with van der Waals surface area (Å²) in [6.45, 7) is 14.3. The molecule has 0 fully saturated rings. The molecule has 0 aliphatic heterocycles. The van der Waals surface area contributed by atoms with Crippen molar-refractivity contribution >= 4 is 17.1 Å². The fourth-order valence-corrected chi connectivity index (χ4v) is 11.2. The summed E-state index contributed by atoms with van der Waals surface area (Å²) < 4.78 is 6.50. The van der Waals surface area contributed by atoms with Gasteiger partial charge in [-0.25, -0.2) is 0 Å². The van der Waals surface area contributed by atoms with E-state index in [0.717, 1.165) is 29.2 Å². The Labute approximate surface area is 403 Å². The summed E-state index contributed by atoms with van der Waals surface area (Å²) in [5.74, 6) is 1.83. The van der Waals surface area contributed by atoms with E-state index in [-0.39, 0.29) is 5.41 Å². The van der Waals surface area contributed by atoms with Crippen molar-refractivity contribution in [1.82, 2.24) is 0 Å². The van der Waals surface area contributed by atoms with Crippen molar-refractivity contribution in [2.75, 3.05) is 4.90 Å². The Kier molecular flexibility index (Phi) is 11.0. The van der Waals surface area contributed by atoms with Crippen LogP contribution in [0.25, 0.3) is 33.4 Å². The van der Waals surface area contributed by atoms with Gasteiger partial charge in [-0.1, -0.05) is 205 Å². The van der Waals surface area contributed by atoms with Crippen molar-refractivity contribution in [3.05, 3.63) is 262 Å². The minimum atomic E-state index is -0.605. The summed E-state index contributed by atoms with van der Waals surface area (Å²) in [7, 11) is 0. The van der Waals surface area contributed by atoms with Gasteiger partial charge in [-0.15, -0.1) is 0 Å². The molecule has 0 N–H and O–H groups in total. The number of hydrogen-bond acceptors (Lipinski definition) is 2. The van der Waals surface area contributed by atoms with Crippen LogP contribution in [0.2, 0.25) is 0 Å². The Morgan fingerprint density at radius 1 is 0.441 bits per heavy atom. The first-order valence-corrected chi connectivity index (χ1v) is 24.5. The molecular formula is C66H59NO. The minimum absolute atomic E-state index is 0.143. The molecule has 334 valence electrons. The maximum atomic E-state index is 6.50. The average molecular weight is 882 g/mol. The maximum Gasteiger partial charge on any atom is 0.119 e. The van der Waals surface area contributed by atoms with Crippen LogP contribution in [-0.4, -0.2) is 0 Å². The summed E-state index contributed by atoms with van der Waals surface area (Å²) in [6, 6.07) is 79.3. The van der Waals surface area contributed by atoms with Crippen LogP contribution in [0.4, 0.5) is 17.1 Å². The topological polar surface area (TPSA) is 12.5 Å². The van der Waals surface area contributed by atoms with Gasteiger partial charge in [0.1, 0.15) is 12.4 Å². The smallest absolute Gasteiger partial charge is 0.119 e. The number of anilines is 3. The van der Waals surface area contributed by atoms with Crippen molar-refractivity contribution in [3.63, 3.8) is 0 Å². The van der Waals surface area contributed by atoms with E-state index in [4.69, 9.17) is 4.74 Å². The molecule has 2 aliphatic rings. The predicted molar refractivity (Wildman–Crippen MR) is 285 cm³/mol. The number of benzene rings is 9. The van der Waals surface area contributed by atoms with E-state index < -0.39 is 5.41 Å². The maximum absolute atomic E-state index is 6.50. The normalized spacial score (nSPS) is 15.6. The molecule has 2 aliphatic carbocycles. The van der Waals surface area contributed by atoms with Gasteiger partial charge in [0, 0.05) is 22.5 Å². The molecule has 9 aromatic carbocycles. The van der Waals surface area contributed by atoms with Gasteiger partial charge in [0.05, 0.1) is 5.41 Å². The third kappa shape index (κ3) is 7.26. The molecule has 0 aromatic heterocycles. The Morgan fingerprint density at radius 3 is 1.57 bits per heavy atom. The summed E-state index contributed by atoms with van der Waals surface area (Å²) in [5, 5.41) is 0. The summed E-state index contributed by atoms with van der Waals surface area (Å²) >= 11 is 0. The zero-order valence-corrected chi connectivity index (χ0v) is 40.1. The first kappa shape index (κ1) is 43.2. The van der Waals surface area contributed by atoms with Gasteiger partial charge in [0.25, 0.3) is 0 Å². The second-order valence-electron chi connectivity index (χ2n) is 19.8. The lowest BCUT2D eigenvalue weighted by molar-refractivity contribution is 0.306. The molecular weight excluding hydrogens is 823 g/mol. The molecule has 0 amide bonds. The first-order valence-electron chi connectivity index (χ1n) is 24.5. The number of hydrogen-bond donors (Lipinski definition) is 0. The second kappa shape index (κ2) is 17.3. The Hall–Kier alpha value is -7.42. The molecule has 0 spiro atoms. The van der Waals surface area contributed by atoms with E-state index in [1.807, 2.05) is 0 Å². The molecule has 0 bridgehead atoms. The summed E-state index contributed by atoms with van der Waals surface area (Å²) in [4.78, 5) is 2.47. The fraction of sp³-hybridized carbons (Fsp3) is 0.182. The van der Waals surface area contributed by atoms with E-state index >= 15 is 0 Å². The van der Waals surface area contributed by atoms with E-state index in [0.29, 0.717) is 18.4 Å². The van der Waals surface area contributed by atoms with Crippen molar-refractivity contribution in [2.24, 2.45) is 0 Å². The Morgan fingerprint density at radius 2 is 0.941 bits per heavy atom. The van der Waals surface area contributed by atoms with Crippen molar-refractivity contribution < 1.29 is 4.74 Å². The lowest BCUT2D eigenvalue weighted by Crippen LogP contribution is -2.29. The van der Waals surface area contributed by atoms with Gasteiger partial charge in [0.15, 0.2) is 0 Å². The number of fused-ring (bicyclic) bond motifs is 6. The van der Waals surface area contributed by atoms with Crippen LogP contribution >= 0.6 is 0 Å². The molecule has 0 radical (unpaired) electrons. The van der Waals surface area contributed by atoms with E-state index in [2.05, 4.69) is 259 Å². The molecule has 2 unspecified atom stereocenters. The van der Waals surface area contributed by atoms with Crippen LogP contribution in [0.3, 0.4) is 0 Å². The van der Waals surface area contributed by atoms with Crippen LogP contribution < -0.4 is 9.64 Å². The van der Waals surface area contributed by atoms with Gasteiger partial charge >= 0.3 is 0 Å². The first-order chi connectivity index (χ1) is 33.1. The van der Waals surface area contributed by atoms with Gasteiger partial charge in [0.2, 0.25) is 0 Å². The number of ether oxygens (including phenoxy) is 1. The second-order valence-corrected chi connectivity index (χ2v) is 19.8. The van der Waals surface area contributed by atoms with Gasteiger partial charge < -0.3 is 9.64 Å². The van der Waals surface area contributed by atoms with Crippen molar-refractivity contribution in [3.8, 4) is 39.1 Å². The summed E-state index contributed by atoms with van der Waals surface area (Å²) in [6.07, 6.45) is 1.13. The van der Waals surface area contributed by atoms with Crippen LogP contribution in [0, 0.1) is 0 Å². The molecule has 2 heteroatoms. The minimum Gasteiger partial charge on any atom is -0.489 e. The van der Waals surface area contributed by atoms with E-state index in [9.17, 15) is 0 Å². The van der Waals surface area contributed by atoms with Gasteiger partial charge in [-0.05, 0) is 150 Å². The molecule has 0 heterocycles. The molecule has 2 nitrogen and oxygen atoms in total. The molecule has 11 rings (SSSR count). The van der Waals surface area contributed by atoms with Crippen molar-refractivity contribution in [1.29, 1.82) is 0 Å². The van der Waals surface area contributed by atoms with Gasteiger partial charge in [-0.2, -0.15) is 0 Å². The van der Waals surface area contributed by atoms with Crippen LogP contribution in [0.15, 0.2) is 212 Å². The summed E-state index contributed by atoms with van der Waals surface area (Å²) in [5.41, 5.74) is 21.8. The highest BCUT2D eigenvalue weighted by Gasteiger charge is 2.46. The Bertz CT molecular complexity index is 3250. The molecule has 68 heavy (non-hydrogen) atoms. The van der Waals surface area contributed by atoms with E-state index in [1.165, 1.54) is 83.5 Å². The standard InChI is InChI=1S/C66H59NO/c1-7-45(4)48-23-21-46(22-24-48)43-68-56-37-31-52(32-38-56)66(51-29-25-47(26-30-51)44(2)3)62-20-14-12-18-58(62)60-40-36-55(42-64(60)66)67(53-33-27-50(28-34-53)49-15-9-8-10-16-49)54-35-39-59-57-17-11-13-19-61(57)65(5,6)63(59)41-54/h8-42,44-45H,7,43H2,1-6H3. The largest absolute Gasteiger partial charge is 0.489 e. The average Bonchev–Trinajstić information content (AvgIpc) is 3.81. The Balaban J connectivity index is 1.07. The molecule has 0 saturated carbocycles. The lowest BCUT2D eigenvalue weighted by Gasteiger charge is -2.35. The zero-order chi connectivity index (χ0) is 46.6. The third-order valence-electron chi connectivity index (χ3n) is 15.2. The highest BCUT2D eigenvalue weighted by Crippen LogP contribution is 2.58. The number of rotatable bonds is 12. The van der Waals surface area contributed by atoms with Crippen molar-refractivity contribution in [2.45, 2.75) is 77.2 Å². The van der Waals surface area contributed by atoms with E-state index in [1.54, 1.807) is 0 Å². The fourth-order valence-electron chi connectivity index (χ4n) is 11.2.